The number of carbonyl (C=O) groups excluding carboxylic acids is 1. The Hall–Kier alpha value is -1.20. The molecule has 0 aliphatic rings. The van der Waals surface area contributed by atoms with Gasteiger partial charge in [-0.3, -0.25) is 0 Å². The minimum Gasteiger partial charge on any atom is -0.475 e. The van der Waals surface area contributed by atoms with Gasteiger partial charge in [0, 0.05) is 19.8 Å². The summed E-state index contributed by atoms with van der Waals surface area (Å²) in [7, 11) is 1.72. The molecule has 0 spiro atoms. The van der Waals surface area contributed by atoms with E-state index in [1.54, 1.807) is 18.0 Å². The van der Waals surface area contributed by atoms with Crippen LogP contribution in [0.15, 0.2) is 12.3 Å². The lowest BCUT2D eigenvalue weighted by Gasteiger charge is -2.15. The summed E-state index contributed by atoms with van der Waals surface area (Å²) in [5, 5.41) is 3.50. The minimum atomic E-state index is -0.142. The number of nitrogens with zero attached hydrogens (tertiary/aromatic N) is 2. The van der Waals surface area contributed by atoms with Gasteiger partial charge in [-0.15, -0.1) is 0 Å². The van der Waals surface area contributed by atoms with Crippen LogP contribution in [0, 0.1) is 0 Å². The molecule has 0 aromatic carbocycles. The Morgan fingerprint density at radius 2 is 2.28 bits per heavy atom. The van der Waals surface area contributed by atoms with Crippen LogP contribution in [-0.2, 0) is 0 Å². The van der Waals surface area contributed by atoms with Crippen molar-refractivity contribution in [2.75, 3.05) is 26.7 Å². The van der Waals surface area contributed by atoms with Crippen LogP contribution in [0.25, 0.3) is 0 Å². The Balaban J connectivity index is 2.32. The molecule has 1 rings (SSSR count). The highest BCUT2D eigenvalue weighted by atomic mass is 35.5. The number of pyridine rings is 1. The van der Waals surface area contributed by atoms with Crippen LogP contribution < -0.4 is 10.1 Å². The minimum absolute atomic E-state index is 0.142. The maximum absolute atomic E-state index is 11.4. The standard InChI is InChI=1S/C11H15Cl2N3O2/c1-3-16(2)11(17)14-4-5-18-10-9(13)6-8(12)7-15-10/h6-7H,3-5H2,1-2H3,(H,14,17). The summed E-state index contributed by atoms with van der Waals surface area (Å²) in [5.41, 5.74) is 0. The SMILES string of the molecule is CCN(C)C(=O)NCCOc1ncc(Cl)cc1Cl. The number of halogens is 2. The van der Waals surface area contributed by atoms with Crippen molar-refractivity contribution < 1.29 is 9.53 Å². The van der Waals surface area contributed by atoms with Crippen molar-refractivity contribution in [3.63, 3.8) is 0 Å². The third-order valence-corrected chi connectivity index (χ3v) is 2.69. The highest BCUT2D eigenvalue weighted by molar-refractivity contribution is 6.35. The smallest absolute Gasteiger partial charge is 0.317 e. The molecule has 0 unspecified atom stereocenters. The maximum Gasteiger partial charge on any atom is 0.317 e. The van der Waals surface area contributed by atoms with Crippen LogP contribution in [0.1, 0.15) is 6.92 Å². The third kappa shape index (κ3) is 4.58. The van der Waals surface area contributed by atoms with Gasteiger partial charge in [0.1, 0.15) is 11.6 Å². The van der Waals surface area contributed by atoms with Crippen molar-refractivity contribution in [3.8, 4) is 5.88 Å². The summed E-state index contributed by atoms with van der Waals surface area (Å²) < 4.78 is 5.32. The molecule has 0 saturated carbocycles. The Bertz CT molecular complexity index is 415. The van der Waals surface area contributed by atoms with E-state index in [2.05, 4.69) is 10.3 Å². The molecule has 18 heavy (non-hydrogen) atoms. The van der Waals surface area contributed by atoms with Crippen LogP contribution in [0.3, 0.4) is 0 Å². The highest BCUT2D eigenvalue weighted by Gasteiger charge is 2.06. The van der Waals surface area contributed by atoms with Crippen LogP contribution in [0.2, 0.25) is 10.0 Å². The molecule has 1 N–H and O–H groups in total. The molecular formula is C11H15Cl2N3O2. The normalized spacial score (nSPS) is 10.0. The number of amides is 2. The van der Waals surface area contributed by atoms with Crippen molar-refractivity contribution in [3.05, 3.63) is 22.3 Å². The average Bonchev–Trinajstić information content (AvgIpc) is 2.35. The molecule has 0 saturated heterocycles. The molecule has 0 aliphatic carbocycles. The lowest BCUT2D eigenvalue weighted by molar-refractivity contribution is 0.207. The Morgan fingerprint density at radius 1 is 1.56 bits per heavy atom. The maximum atomic E-state index is 11.4. The van der Waals surface area contributed by atoms with Gasteiger partial charge in [-0.1, -0.05) is 23.2 Å². The van der Waals surface area contributed by atoms with Gasteiger partial charge < -0.3 is 15.0 Å². The monoisotopic (exact) mass is 291 g/mol. The van der Waals surface area contributed by atoms with E-state index in [1.807, 2.05) is 6.92 Å². The molecule has 0 fully saturated rings. The summed E-state index contributed by atoms with van der Waals surface area (Å²) in [6.45, 7) is 3.21. The largest absolute Gasteiger partial charge is 0.475 e. The van der Waals surface area contributed by atoms with E-state index >= 15 is 0 Å². The molecule has 0 atom stereocenters. The molecule has 0 bridgehead atoms. The quantitative estimate of drug-likeness (QED) is 0.848. The van der Waals surface area contributed by atoms with Gasteiger partial charge in [0.15, 0.2) is 0 Å². The molecule has 7 heteroatoms. The Labute approximate surface area is 116 Å². The molecule has 1 aromatic heterocycles. The average molecular weight is 292 g/mol. The van der Waals surface area contributed by atoms with Crippen molar-refractivity contribution in [2.45, 2.75) is 6.92 Å². The van der Waals surface area contributed by atoms with E-state index in [-0.39, 0.29) is 12.6 Å². The van der Waals surface area contributed by atoms with Crippen LogP contribution in [0.5, 0.6) is 5.88 Å². The van der Waals surface area contributed by atoms with Gasteiger partial charge in [-0.25, -0.2) is 9.78 Å². The van der Waals surface area contributed by atoms with Gasteiger partial charge in [0.05, 0.1) is 11.6 Å². The number of aromatic nitrogens is 1. The number of ether oxygens (including phenoxy) is 1. The molecule has 1 aromatic rings. The topological polar surface area (TPSA) is 54.5 Å². The fourth-order valence-corrected chi connectivity index (χ4v) is 1.53. The Kier molecular flexibility index (Phi) is 6.01. The second-order valence-corrected chi connectivity index (χ2v) is 4.38. The second-order valence-electron chi connectivity index (χ2n) is 3.54. The molecule has 2 amide bonds. The van der Waals surface area contributed by atoms with Crippen LogP contribution >= 0.6 is 23.2 Å². The van der Waals surface area contributed by atoms with Gasteiger partial charge >= 0.3 is 6.03 Å². The number of carbonyl (C=O) groups is 1. The van der Waals surface area contributed by atoms with Crippen molar-refractivity contribution in [1.82, 2.24) is 15.2 Å². The fourth-order valence-electron chi connectivity index (χ4n) is 1.09. The van der Waals surface area contributed by atoms with E-state index in [4.69, 9.17) is 27.9 Å². The molecule has 5 nitrogen and oxygen atoms in total. The van der Waals surface area contributed by atoms with Crippen LogP contribution in [0.4, 0.5) is 4.79 Å². The molecule has 0 aliphatic heterocycles. The van der Waals surface area contributed by atoms with Gasteiger partial charge in [-0.05, 0) is 13.0 Å². The van der Waals surface area contributed by atoms with Crippen molar-refractivity contribution in [2.24, 2.45) is 0 Å². The van der Waals surface area contributed by atoms with Gasteiger partial charge in [0.25, 0.3) is 0 Å². The van der Waals surface area contributed by atoms with E-state index < -0.39 is 0 Å². The molecule has 0 radical (unpaired) electrons. The van der Waals surface area contributed by atoms with Crippen LogP contribution in [-0.4, -0.2) is 42.7 Å². The fraction of sp³-hybridized carbons (Fsp3) is 0.455. The van der Waals surface area contributed by atoms with Gasteiger partial charge in [0.2, 0.25) is 5.88 Å². The van der Waals surface area contributed by atoms with Gasteiger partial charge in [-0.2, -0.15) is 0 Å². The van der Waals surface area contributed by atoms with Crippen molar-refractivity contribution >= 4 is 29.2 Å². The second kappa shape index (κ2) is 7.28. The predicted molar refractivity (Wildman–Crippen MR) is 71.5 cm³/mol. The van der Waals surface area contributed by atoms with E-state index in [9.17, 15) is 4.79 Å². The molecular weight excluding hydrogens is 277 g/mol. The number of hydrogen-bond donors (Lipinski definition) is 1. The van der Waals surface area contributed by atoms with E-state index in [0.717, 1.165) is 0 Å². The summed E-state index contributed by atoms with van der Waals surface area (Å²) in [4.78, 5) is 16.9. The summed E-state index contributed by atoms with van der Waals surface area (Å²) >= 11 is 11.6. The van der Waals surface area contributed by atoms with Crippen molar-refractivity contribution in [1.29, 1.82) is 0 Å². The van der Waals surface area contributed by atoms with E-state index in [0.29, 0.717) is 29.0 Å². The summed E-state index contributed by atoms with van der Waals surface area (Å²) in [6, 6.07) is 1.41. The number of hydrogen-bond acceptors (Lipinski definition) is 3. The first-order valence-corrected chi connectivity index (χ1v) is 6.23. The van der Waals surface area contributed by atoms with E-state index in [1.165, 1.54) is 6.20 Å². The number of nitrogens with one attached hydrogen (secondary N) is 1. The third-order valence-electron chi connectivity index (χ3n) is 2.21. The molecule has 1 heterocycles. The lowest BCUT2D eigenvalue weighted by Crippen LogP contribution is -2.38. The number of urea groups is 1. The first-order valence-electron chi connectivity index (χ1n) is 5.47. The zero-order chi connectivity index (χ0) is 13.5. The predicted octanol–water partition coefficient (Wildman–Crippen LogP) is 2.43. The first kappa shape index (κ1) is 14.9. The zero-order valence-electron chi connectivity index (χ0n) is 10.2. The zero-order valence-corrected chi connectivity index (χ0v) is 11.8. The number of rotatable bonds is 5. The Morgan fingerprint density at radius 3 is 2.89 bits per heavy atom. The first-order chi connectivity index (χ1) is 8.54. The summed E-state index contributed by atoms with van der Waals surface area (Å²) in [5.74, 6) is 0.305. The lowest BCUT2D eigenvalue weighted by atomic mass is 10.5. The highest BCUT2D eigenvalue weighted by Crippen LogP contribution is 2.24. The summed E-state index contributed by atoms with van der Waals surface area (Å²) in [6.07, 6.45) is 1.45. The molecule has 100 valence electrons.